The van der Waals surface area contributed by atoms with Crippen LogP contribution in [0.5, 0.6) is 5.75 Å². The minimum Gasteiger partial charge on any atom is -0.488 e. The fourth-order valence-electron chi connectivity index (χ4n) is 2.80. The van der Waals surface area contributed by atoms with E-state index in [1.165, 1.54) is 0 Å². The van der Waals surface area contributed by atoms with Crippen molar-refractivity contribution in [2.45, 2.75) is 52.9 Å². The van der Waals surface area contributed by atoms with E-state index >= 15 is 0 Å². The van der Waals surface area contributed by atoms with Crippen molar-refractivity contribution < 1.29 is 14.2 Å². The van der Waals surface area contributed by atoms with Gasteiger partial charge in [0, 0.05) is 25.0 Å². The third-order valence-corrected chi connectivity index (χ3v) is 4.39. The molecule has 0 spiro atoms. The first kappa shape index (κ1) is 22.4. The Morgan fingerprint density at radius 1 is 1.00 bits per heavy atom. The molecule has 1 aromatic heterocycles. The highest BCUT2D eigenvalue weighted by Gasteiger charge is 2.13. The van der Waals surface area contributed by atoms with E-state index in [0.717, 1.165) is 35.7 Å². The zero-order chi connectivity index (χ0) is 20.4. The number of aromatic nitrogens is 2. The van der Waals surface area contributed by atoms with Crippen molar-refractivity contribution in [3.8, 4) is 5.75 Å². The topological polar surface area (TPSA) is 65.5 Å². The fraction of sp³-hybridized carbons (Fsp3) is 0.524. The zero-order valence-corrected chi connectivity index (χ0v) is 17.8. The van der Waals surface area contributed by atoms with E-state index in [1.807, 2.05) is 39.0 Å². The van der Waals surface area contributed by atoms with Gasteiger partial charge in [0.15, 0.2) is 6.29 Å². The smallest absolute Gasteiger partial charge is 0.224 e. The van der Waals surface area contributed by atoms with Crippen molar-refractivity contribution >= 4 is 17.4 Å². The molecule has 1 unspecified atom stereocenters. The molecule has 0 saturated carbocycles. The Bertz CT molecular complexity index is 707. The second-order valence-corrected chi connectivity index (χ2v) is 6.53. The van der Waals surface area contributed by atoms with Crippen LogP contribution in [0.1, 0.15) is 51.4 Å². The van der Waals surface area contributed by atoms with Gasteiger partial charge in [0.25, 0.3) is 0 Å². The summed E-state index contributed by atoms with van der Waals surface area (Å²) in [5.74, 6) is 1.52. The predicted octanol–water partition coefficient (Wildman–Crippen LogP) is 5.03. The highest BCUT2D eigenvalue weighted by Crippen LogP contribution is 2.25. The second kappa shape index (κ2) is 11.8. The Morgan fingerprint density at radius 2 is 1.68 bits per heavy atom. The lowest BCUT2D eigenvalue weighted by Gasteiger charge is -2.20. The Balaban J connectivity index is 2.01. The van der Waals surface area contributed by atoms with Crippen LogP contribution in [0.4, 0.5) is 5.82 Å². The van der Waals surface area contributed by atoms with Crippen LogP contribution in [-0.4, -0.2) is 36.1 Å². The van der Waals surface area contributed by atoms with Crippen LogP contribution >= 0.6 is 11.6 Å². The molecule has 0 saturated heterocycles. The Morgan fingerprint density at radius 3 is 2.25 bits per heavy atom. The van der Waals surface area contributed by atoms with Crippen LogP contribution < -0.4 is 10.1 Å². The normalized spacial score (nSPS) is 12.2. The zero-order valence-electron chi connectivity index (χ0n) is 17.1. The molecule has 6 nitrogen and oxygen atoms in total. The Hall–Kier alpha value is -1.89. The molecule has 0 aliphatic heterocycles. The number of hydrogen-bond acceptors (Lipinski definition) is 6. The van der Waals surface area contributed by atoms with Gasteiger partial charge in [-0.25, -0.2) is 9.97 Å². The second-order valence-electron chi connectivity index (χ2n) is 6.19. The molecule has 1 atom stereocenters. The first-order valence-corrected chi connectivity index (χ1v) is 10.2. The number of anilines is 1. The summed E-state index contributed by atoms with van der Waals surface area (Å²) in [6.45, 7) is 9.57. The van der Waals surface area contributed by atoms with Gasteiger partial charge in [-0.2, -0.15) is 0 Å². The third kappa shape index (κ3) is 6.93. The average molecular weight is 408 g/mol. The summed E-state index contributed by atoms with van der Waals surface area (Å²) in [4.78, 5) is 8.50. The van der Waals surface area contributed by atoms with Crippen LogP contribution in [0.25, 0.3) is 0 Å². The molecule has 1 heterocycles. The number of halogens is 1. The van der Waals surface area contributed by atoms with Gasteiger partial charge in [0.05, 0.1) is 6.04 Å². The van der Waals surface area contributed by atoms with Gasteiger partial charge < -0.3 is 19.5 Å². The molecule has 0 bridgehead atoms. The average Bonchev–Trinajstić information content (AvgIpc) is 2.70. The van der Waals surface area contributed by atoms with E-state index in [-0.39, 0.29) is 17.6 Å². The van der Waals surface area contributed by atoms with E-state index in [9.17, 15) is 0 Å². The van der Waals surface area contributed by atoms with E-state index < -0.39 is 0 Å². The number of rotatable bonds is 12. The van der Waals surface area contributed by atoms with Crippen LogP contribution in [0.2, 0.25) is 5.28 Å². The van der Waals surface area contributed by atoms with Crippen LogP contribution in [0, 0.1) is 0 Å². The standard InChI is InChI=1S/C21H30ClN3O3/c1-5-16-13-19(25-21(22)23-16)24-18(6-2)15-9-11-17(12-10-15)28-14-20(26-7-3)27-8-4/h9-13,18,20H,5-8,14H2,1-4H3,(H,23,24,25). The van der Waals surface area contributed by atoms with Gasteiger partial charge in [0.1, 0.15) is 18.2 Å². The number of aryl methyl sites for hydroxylation is 1. The molecule has 7 heteroatoms. The SMILES string of the molecule is CCOC(COc1ccc(C(CC)Nc2cc(CC)nc(Cl)n2)cc1)OCC. The fourth-order valence-corrected chi connectivity index (χ4v) is 3.00. The van der Waals surface area contributed by atoms with Crippen LogP contribution in [0.15, 0.2) is 30.3 Å². The first-order valence-electron chi connectivity index (χ1n) is 9.85. The summed E-state index contributed by atoms with van der Waals surface area (Å²) in [5.41, 5.74) is 2.06. The van der Waals surface area contributed by atoms with Crippen LogP contribution in [-0.2, 0) is 15.9 Å². The quantitative estimate of drug-likeness (QED) is 0.393. The van der Waals surface area contributed by atoms with Crippen molar-refractivity contribution in [3.05, 3.63) is 46.9 Å². The molecule has 1 aromatic carbocycles. The van der Waals surface area contributed by atoms with Gasteiger partial charge in [-0.05, 0) is 56.0 Å². The monoisotopic (exact) mass is 407 g/mol. The molecule has 0 amide bonds. The minimum absolute atomic E-state index is 0.115. The molecule has 1 N–H and O–H groups in total. The molecule has 0 radical (unpaired) electrons. The molecule has 2 rings (SSSR count). The number of ether oxygens (including phenoxy) is 3. The number of benzene rings is 1. The maximum absolute atomic E-state index is 6.03. The number of nitrogens with zero attached hydrogens (tertiary/aromatic N) is 2. The summed E-state index contributed by atoms with van der Waals surface area (Å²) < 4.78 is 16.8. The minimum atomic E-state index is -0.352. The molecule has 2 aromatic rings. The predicted molar refractivity (Wildman–Crippen MR) is 112 cm³/mol. The molecule has 0 aliphatic carbocycles. The molecule has 154 valence electrons. The lowest BCUT2D eigenvalue weighted by molar-refractivity contribution is -0.152. The molecular weight excluding hydrogens is 378 g/mol. The molecule has 0 fully saturated rings. The lowest BCUT2D eigenvalue weighted by Crippen LogP contribution is -2.25. The van der Waals surface area contributed by atoms with E-state index in [2.05, 4.69) is 34.3 Å². The van der Waals surface area contributed by atoms with Gasteiger partial charge in [0.2, 0.25) is 5.28 Å². The number of nitrogens with one attached hydrogen (secondary N) is 1. The van der Waals surface area contributed by atoms with Crippen LogP contribution in [0.3, 0.4) is 0 Å². The van der Waals surface area contributed by atoms with Gasteiger partial charge >= 0.3 is 0 Å². The summed E-state index contributed by atoms with van der Waals surface area (Å²) >= 11 is 6.03. The summed E-state index contributed by atoms with van der Waals surface area (Å²) in [6, 6.07) is 10.1. The third-order valence-electron chi connectivity index (χ3n) is 4.22. The number of hydrogen-bond donors (Lipinski definition) is 1. The lowest BCUT2D eigenvalue weighted by atomic mass is 10.0. The molecule has 0 aliphatic rings. The molecular formula is C21H30ClN3O3. The van der Waals surface area contributed by atoms with Crippen molar-refractivity contribution in [2.75, 3.05) is 25.1 Å². The van der Waals surface area contributed by atoms with Crippen molar-refractivity contribution in [3.63, 3.8) is 0 Å². The van der Waals surface area contributed by atoms with E-state index in [0.29, 0.717) is 19.8 Å². The van der Waals surface area contributed by atoms with Gasteiger partial charge in [-0.3, -0.25) is 0 Å². The van der Waals surface area contributed by atoms with E-state index in [4.69, 9.17) is 25.8 Å². The van der Waals surface area contributed by atoms with Crippen molar-refractivity contribution in [1.29, 1.82) is 0 Å². The highest BCUT2D eigenvalue weighted by atomic mass is 35.5. The maximum Gasteiger partial charge on any atom is 0.224 e. The highest BCUT2D eigenvalue weighted by molar-refractivity contribution is 6.28. The maximum atomic E-state index is 6.03. The summed E-state index contributed by atoms with van der Waals surface area (Å²) in [6.07, 6.45) is 1.36. The van der Waals surface area contributed by atoms with Crippen molar-refractivity contribution in [1.82, 2.24) is 9.97 Å². The Kier molecular flexibility index (Phi) is 9.47. The largest absolute Gasteiger partial charge is 0.488 e. The van der Waals surface area contributed by atoms with Crippen molar-refractivity contribution in [2.24, 2.45) is 0 Å². The summed E-state index contributed by atoms with van der Waals surface area (Å²) in [7, 11) is 0. The van der Waals surface area contributed by atoms with Gasteiger partial charge in [-0.15, -0.1) is 0 Å². The first-order chi connectivity index (χ1) is 13.6. The Labute approximate surface area is 172 Å². The summed E-state index contributed by atoms with van der Waals surface area (Å²) in [5, 5.41) is 3.71. The van der Waals surface area contributed by atoms with E-state index in [1.54, 1.807) is 0 Å². The van der Waals surface area contributed by atoms with Gasteiger partial charge in [-0.1, -0.05) is 26.0 Å². The molecule has 28 heavy (non-hydrogen) atoms.